The maximum atomic E-state index is 13.8. The van der Waals surface area contributed by atoms with Crippen LogP contribution in [0.4, 0.5) is 10.5 Å². The first-order chi connectivity index (χ1) is 31.0. The molecule has 3 amide bonds. The van der Waals surface area contributed by atoms with E-state index in [0.717, 1.165) is 4.90 Å². The molecule has 3 aromatic carbocycles. The number of anilines is 1. The van der Waals surface area contributed by atoms with E-state index in [-0.39, 0.29) is 67.1 Å². The molecule has 17 nitrogen and oxygen atoms in total. The number of carbonyl (C=O) groups excluding carboxylic acids is 6. The number of hydrogen-bond donors (Lipinski definition) is 3. The number of hydrogen-bond acceptors (Lipinski definition) is 14. The van der Waals surface area contributed by atoms with E-state index in [9.17, 15) is 33.9 Å². The average Bonchev–Trinajstić information content (AvgIpc) is 3.23. The molecule has 0 aliphatic heterocycles. The Morgan fingerprint density at radius 1 is 0.818 bits per heavy atom. The molecular formula is C48H67N3O14Si. The predicted octanol–water partition coefficient (Wildman–Crippen LogP) is 7.23. The van der Waals surface area contributed by atoms with E-state index in [2.05, 4.69) is 44.5 Å². The summed E-state index contributed by atoms with van der Waals surface area (Å²) < 4.78 is 38.8. The molecule has 0 spiro atoms. The fraction of sp³-hybridized carbons (Fsp3) is 0.500. The number of phenols is 1. The van der Waals surface area contributed by atoms with Crippen molar-refractivity contribution in [1.29, 1.82) is 0 Å². The molecule has 0 aliphatic carbocycles. The highest BCUT2D eigenvalue weighted by atomic mass is 28.4. The minimum Gasteiger partial charge on any atom is -0.541 e. The monoisotopic (exact) mass is 937 g/mol. The van der Waals surface area contributed by atoms with E-state index in [1.54, 1.807) is 77.1 Å². The van der Waals surface area contributed by atoms with Crippen LogP contribution in [-0.4, -0.2) is 108 Å². The van der Waals surface area contributed by atoms with Gasteiger partial charge in [-0.25, -0.2) is 14.4 Å². The van der Waals surface area contributed by atoms with Crippen LogP contribution in [0.1, 0.15) is 95.6 Å². The molecule has 0 fully saturated rings. The van der Waals surface area contributed by atoms with Crippen LogP contribution in [0.5, 0.6) is 23.0 Å². The van der Waals surface area contributed by atoms with Crippen LogP contribution in [0.25, 0.3) is 0 Å². The summed E-state index contributed by atoms with van der Waals surface area (Å²) in [5.41, 5.74) is 0.332. The maximum absolute atomic E-state index is 13.8. The molecule has 0 aromatic heterocycles. The molecule has 0 heterocycles. The number of phenolic OH excluding ortho intramolecular Hbond substituents is 1. The summed E-state index contributed by atoms with van der Waals surface area (Å²) in [5, 5.41) is 15.4. The Labute approximate surface area is 388 Å². The van der Waals surface area contributed by atoms with Gasteiger partial charge in [-0.05, 0) is 113 Å². The van der Waals surface area contributed by atoms with E-state index in [4.69, 9.17) is 32.8 Å². The quantitative estimate of drug-likeness (QED) is 0.0316. The van der Waals surface area contributed by atoms with Crippen LogP contribution >= 0.6 is 0 Å². The maximum Gasteiger partial charge on any atom is 0.408 e. The number of nitrogens with zero attached hydrogens (tertiary/aromatic N) is 1. The number of esters is 3. The second-order valence-electron chi connectivity index (χ2n) is 17.8. The molecule has 0 aliphatic rings. The van der Waals surface area contributed by atoms with Crippen LogP contribution in [0, 0.1) is 0 Å². The lowest BCUT2D eigenvalue weighted by molar-refractivity contribution is -0.153. The molecule has 18 heteroatoms. The Morgan fingerprint density at radius 3 is 2.08 bits per heavy atom. The largest absolute Gasteiger partial charge is 0.541 e. The summed E-state index contributed by atoms with van der Waals surface area (Å²) in [6.07, 6.45) is 0.116. The molecule has 0 radical (unpaired) electrons. The molecule has 0 bridgehead atoms. The number of ether oxygens (including phenoxy) is 6. The summed E-state index contributed by atoms with van der Waals surface area (Å²) in [7, 11) is 0.324. The minimum absolute atomic E-state index is 0.00238. The zero-order chi connectivity index (χ0) is 49.4. The number of amides is 3. The van der Waals surface area contributed by atoms with Gasteiger partial charge in [0.25, 0.3) is 8.32 Å². The first-order valence-electron chi connectivity index (χ1n) is 21.9. The van der Waals surface area contributed by atoms with Gasteiger partial charge in [-0.2, -0.15) is 0 Å². The van der Waals surface area contributed by atoms with E-state index in [1.165, 1.54) is 32.4 Å². The van der Waals surface area contributed by atoms with Crippen molar-refractivity contribution in [2.24, 2.45) is 0 Å². The molecule has 0 saturated carbocycles. The van der Waals surface area contributed by atoms with Gasteiger partial charge in [0.2, 0.25) is 5.91 Å². The third-order valence-corrected chi connectivity index (χ3v) is 15.0. The van der Waals surface area contributed by atoms with Gasteiger partial charge in [-0.1, -0.05) is 45.0 Å². The smallest absolute Gasteiger partial charge is 0.408 e. The standard InChI is InChI=1S/C48H67N3O14Si/c1-13-61-43(55)34(32-22-25-37(59-9)39(29-32)65-66(11,12)48(6,7)8)30-51(42(54)45(57)62-14-2)33-23-20-31(21-24-33)28-35(50-46(58)64-47(3,4)5)41(53)49-26-15-16-27-63-38-19-17-18-36(52)40(38)44(56)60-10/h17-25,29,34-35,52H,13-16,26-28,30H2,1-12H3,(H,49,53)(H,50,58)/t34?,35-/m0/s1. The second-order valence-corrected chi connectivity index (χ2v) is 22.5. The summed E-state index contributed by atoms with van der Waals surface area (Å²) in [6.45, 7) is 18.8. The van der Waals surface area contributed by atoms with Crippen molar-refractivity contribution in [3.63, 3.8) is 0 Å². The highest BCUT2D eigenvalue weighted by Crippen LogP contribution is 2.41. The van der Waals surface area contributed by atoms with Crippen molar-refractivity contribution in [2.45, 2.75) is 110 Å². The first-order valence-corrected chi connectivity index (χ1v) is 24.8. The Hall–Kier alpha value is -6.30. The molecule has 3 N–H and O–H groups in total. The Bertz CT molecular complexity index is 2150. The number of methoxy groups -OCH3 is 2. The van der Waals surface area contributed by atoms with Crippen LogP contribution in [-0.2, 0) is 44.5 Å². The topological polar surface area (TPSA) is 215 Å². The van der Waals surface area contributed by atoms with Crippen molar-refractivity contribution in [2.75, 3.05) is 52.0 Å². The molecule has 362 valence electrons. The fourth-order valence-corrected chi connectivity index (χ4v) is 7.18. The molecule has 0 saturated heterocycles. The lowest BCUT2D eigenvalue weighted by Crippen LogP contribution is -2.49. The van der Waals surface area contributed by atoms with Crippen LogP contribution in [0.3, 0.4) is 0 Å². The zero-order valence-electron chi connectivity index (χ0n) is 40.3. The van der Waals surface area contributed by atoms with E-state index in [1.807, 2.05) is 0 Å². The Balaban J connectivity index is 1.90. The number of nitrogens with one attached hydrogen (secondary N) is 2. The third kappa shape index (κ3) is 15.7. The summed E-state index contributed by atoms with van der Waals surface area (Å²) >= 11 is 0. The van der Waals surface area contributed by atoms with Crippen molar-refractivity contribution in [3.8, 4) is 23.0 Å². The molecular weight excluding hydrogens is 871 g/mol. The number of alkyl carbamates (subject to hydrolysis) is 1. The van der Waals surface area contributed by atoms with Crippen molar-refractivity contribution >= 4 is 49.8 Å². The summed E-state index contributed by atoms with van der Waals surface area (Å²) in [6, 6.07) is 14.8. The van der Waals surface area contributed by atoms with Gasteiger partial charge in [0.1, 0.15) is 40.4 Å². The third-order valence-electron chi connectivity index (χ3n) is 10.6. The lowest BCUT2D eigenvalue weighted by atomic mass is 9.97. The van der Waals surface area contributed by atoms with Crippen molar-refractivity contribution in [1.82, 2.24) is 10.6 Å². The first kappa shape index (κ1) is 54.0. The normalized spacial score (nSPS) is 12.4. The van der Waals surface area contributed by atoms with Crippen LogP contribution in [0.15, 0.2) is 60.7 Å². The average molecular weight is 938 g/mol. The van der Waals surface area contributed by atoms with E-state index >= 15 is 0 Å². The highest BCUT2D eigenvalue weighted by Gasteiger charge is 2.40. The Kier molecular flexibility index (Phi) is 19.9. The van der Waals surface area contributed by atoms with Gasteiger partial charge in [-0.3, -0.25) is 14.4 Å². The predicted molar refractivity (Wildman–Crippen MR) is 250 cm³/mol. The molecule has 1 unspecified atom stereocenters. The second kappa shape index (κ2) is 24.3. The number of benzene rings is 3. The SMILES string of the molecule is CCOC(=O)C(=O)N(CC(C(=O)OCC)c1ccc(OC)c(O[Si](C)(C)C(C)(C)C)c1)c1ccc(C[C@H](NC(=O)OC(C)(C)C)C(=O)NCCCCOc2cccc(O)c2C(=O)OC)cc1. The van der Waals surface area contributed by atoms with Crippen LogP contribution < -0.4 is 29.4 Å². The van der Waals surface area contributed by atoms with Gasteiger partial charge in [0, 0.05) is 25.2 Å². The lowest BCUT2D eigenvalue weighted by Gasteiger charge is -2.37. The zero-order valence-corrected chi connectivity index (χ0v) is 41.3. The summed E-state index contributed by atoms with van der Waals surface area (Å²) in [5.74, 6) is -4.36. The highest BCUT2D eigenvalue weighted by molar-refractivity contribution is 6.74. The Morgan fingerprint density at radius 2 is 1.48 bits per heavy atom. The molecule has 3 aromatic rings. The number of carbonyl (C=O) groups is 6. The van der Waals surface area contributed by atoms with Crippen LogP contribution in [0.2, 0.25) is 18.1 Å². The molecule has 2 atom stereocenters. The van der Waals surface area contributed by atoms with E-state index < -0.39 is 61.7 Å². The minimum atomic E-state index is -2.39. The van der Waals surface area contributed by atoms with E-state index in [0.29, 0.717) is 35.5 Å². The fourth-order valence-electron chi connectivity index (χ4n) is 6.17. The van der Waals surface area contributed by atoms with Gasteiger partial charge in [0.15, 0.2) is 5.75 Å². The number of unbranched alkanes of at least 4 members (excludes halogenated alkanes) is 1. The van der Waals surface area contributed by atoms with Gasteiger partial charge < -0.3 is 53.5 Å². The molecule has 66 heavy (non-hydrogen) atoms. The number of rotatable bonds is 21. The van der Waals surface area contributed by atoms with Gasteiger partial charge in [-0.15, -0.1) is 0 Å². The molecule has 3 rings (SSSR count). The van der Waals surface area contributed by atoms with Gasteiger partial charge in [0.05, 0.1) is 34.0 Å². The van der Waals surface area contributed by atoms with Crippen molar-refractivity contribution in [3.05, 3.63) is 77.4 Å². The number of aromatic hydroxyl groups is 1. The van der Waals surface area contributed by atoms with Crippen molar-refractivity contribution < 1.29 is 66.7 Å². The van der Waals surface area contributed by atoms with Gasteiger partial charge >= 0.3 is 29.9 Å². The summed E-state index contributed by atoms with van der Waals surface area (Å²) in [4.78, 5) is 80.4.